The van der Waals surface area contributed by atoms with Gasteiger partial charge in [0.05, 0.1) is 6.61 Å². The van der Waals surface area contributed by atoms with Crippen LogP contribution in [-0.2, 0) is 11.2 Å². The molecule has 1 aromatic carbocycles. The Balaban J connectivity index is 2.04. The van der Waals surface area contributed by atoms with Gasteiger partial charge in [-0.15, -0.1) is 0 Å². The molecule has 1 aliphatic rings. The van der Waals surface area contributed by atoms with Crippen molar-refractivity contribution in [2.75, 3.05) is 13.2 Å². The third-order valence-corrected chi connectivity index (χ3v) is 3.39. The second kappa shape index (κ2) is 5.74. The van der Waals surface area contributed by atoms with Crippen molar-refractivity contribution in [2.24, 2.45) is 0 Å². The van der Waals surface area contributed by atoms with Crippen LogP contribution in [0.1, 0.15) is 19.4 Å². The largest absolute Gasteiger partial charge is 0.490 e. The van der Waals surface area contributed by atoms with Crippen LogP contribution in [0.3, 0.4) is 0 Å². The highest BCUT2D eigenvalue weighted by atomic mass is 16.6. The molecule has 1 unspecified atom stereocenters. The monoisotopic (exact) mass is 286 g/mol. The van der Waals surface area contributed by atoms with Gasteiger partial charge in [0.2, 0.25) is 0 Å². The topological polar surface area (TPSA) is 52.0 Å². The predicted octanol–water partition coefficient (Wildman–Crippen LogP) is 3.08. The normalized spacial score (nSPS) is 16.8. The van der Waals surface area contributed by atoms with E-state index >= 15 is 0 Å². The van der Waals surface area contributed by atoms with E-state index in [2.05, 4.69) is 6.08 Å². The minimum absolute atomic E-state index is 0.194. The van der Waals surface area contributed by atoms with Gasteiger partial charge in [-0.1, -0.05) is 11.6 Å². The van der Waals surface area contributed by atoms with Crippen molar-refractivity contribution in [1.82, 2.24) is 0 Å². The van der Waals surface area contributed by atoms with Gasteiger partial charge in [0.1, 0.15) is 24.0 Å². The van der Waals surface area contributed by atoms with E-state index in [9.17, 15) is 4.79 Å². The Kier molecular flexibility index (Phi) is 3.80. The summed E-state index contributed by atoms with van der Waals surface area (Å²) in [6.45, 7) is 5.37. The number of hydrogen-bond acceptors (Lipinski definition) is 4. The molecule has 2 aromatic rings. The SMILES string of the molecule is CC(C)=CCc1c(OCC2CO2)ccc2ccc(=O)oc12. The van der Waals surface area contributed by atoms with Crippen LogP contribution < -0.4 is 10.4 Å². The Bertz CT molecular complexity index is 734. The van der Waals surface area contributed by atoms with E-state index in [0.29, 0.717) is 18.6 Å². The van der Waals surface area contributed by atoms with Crippen LogP contribution in [0.25, 0.3) is 11.0 Å². The summed E-state index contributed by atoms with van der Waals surface area (Å²) in [5, 5.41) is 0.904. The maximum absolute atomic E-state index is 11.5. The number of epoxide rings is 1. The first-order valence-corrected chi connectivity index (χ1v) is 7.07. The van der Waals surface area contributed by atoms with E-state index in [1.54, 1.807) is 6.07 Å². The highest BCUT2D eigenvalue weighted by Gasteiger charge is 2.24. The van der Waals surface area contributed by atoms with E-state index in [-0.39, 0.29) is 11.7 Å². The van der Waals surface area contributed by atoms with Crippen LogP contribution in [0.2, 0.25) is 0 Å². The number of ether oxygens (including phenoxy) is 2. The van der Waals surface area contributed by atoms with Crippen LogP contribution in [0, 0.1) is 0 Å². The van der Waals surface area contributed by atoms with E-state index in [0.717, 1.165) is 23.3 Å². The zero-order valence-electron chi connectivity index (χ0n) is 12.2. The first-order valence-electron chi connectivity index (χ1n) is 7.07. The van der Waals surface area contributed by atoms with Crippen molar-refractivity contribution in [1.29, 1.82) is 0 Å². The number of hydrogen-bond donors (Lipinski definition) is 0. The van der Waals surface area contributed by atoms with E-state index < -0.39 is 0 Å². The zero-order valence-corrected chi connectivity index (χ0v) is 12.2. The van der Waals surface area contributed by atoms with Gasteiger partial charge in [-0.25, -0.2) is 4.79 Å². The van der Waals surface area contributed by atoms with Crippen molar-refractivity contribution in [3.63, 3.8) is 0 Å². The van der Waals surface area contributed by atoms with Gasteiger partial charge in [0, 0.05) is 17.0 Å². The van der Waals surface area contributed by atoms with Crippen molar-refractivity contribution in [2.45, 2.75) is 26.4 Å². The number of benzene rings is 1. The summed E-state index contributed by atoms with van der Waals surface area (Å²) in [4.78, 5) is 11.5. The fraction of sp³-hybridized carbons (Fsp3) is 0.353. The lowest BCUT2D eigenvalue weighted by atomic mass is 10.1. The summed E-state index contributed by atoms with van der Waals surface area (Å²) in [7, 11) is 0. The first kappa shape index (κ1) is 13.9. The molecule has 1 aliphatic heterocycles. The Morgan fingerprint density at radius 2 is 2.10 bits per heavy atom. The van der Waals surface area contributed by atoms with Crippen molar-refractivity contribution in [3.05, 3.63) is 51.9 Å². The van der Waals surface area contributed by atoms with Gasteiger partial charge in [-0.05, 0) is 38.5 Å². The van der Waals surface area contributed by atoms with Crippen LogP contribution in [0.5, 0.6) is 5.75 Å². The number of allylic oxidation sites excluding steroid dienone is 2. The average Bonchev–Trinajstić information content (AvgIpc) is 3.27. The minimum atomic E-state index is -0.344. The molecule has 1 atom stereocenters. The van der Waals surface area contributed by atoms with Crippen molar-refractivity contribution < 1.29 is 13.9 Å². The van der Waals surface area contributed by atoms with Crippen LogP contribution in [0.15, 0.2) is 45.1 Å². The lowest BCUT2D eigenvalue weighted by Gasteiger charge is -2.11. The molecule has 110 valence electrons. The van der Waals surface area contributed by atoms with Gasteiger partial charge in [-0.3, -0.25) is 0 Å². The Labute approximate surface area is 123 Å². The molecule has 4 nitrogen and oxygen atoms in total. The zero-order chi connectivity index (χ0) is 14.8. The van der Waals surface area contributed by atoms with Crippen LogP contribution >= 0.6 is 0 Å². The standard InChI is InChI=1S/C17H18O4/c1-11(2)3-6-14-15(20-10-13-9-19-13)7-4-12-5-8-16(18)21-17(12)14/h3-5,7-8,13H,6,9-10H2,1-2H3. The summed E-state index contributed by atoms with van der Waals surface area (Å²) in [5.41, 5.74) is 2.38. The van der Waals surface area contributed by atoms with Crippen LogP contribution in [0.4, 0.5) is 0 Å². The second-order valence-corrected chi connectivity index (χ2v) is 5.47. The molecule has 4 heteroatoms. The van der Waals surface area contributed by atoms with Crippen LogP contribution in [-0.4, -0.2) is 19.3 Å². The molecule has 0 amide bonds. The van der Waals surface area contributed by atoms with Crippen molar-refractivity contribution in [3.8, 4) is 5.75 Å². The molecule has 0 saturated carbocycles. The smallest absolute Gasteiger partial charge is 0.336 e. The van der Waals surface area contributed by atoms with E-state index in [4.69, 9.17) is 13.9 Å². The molecule has 3 rings (SSSR count). The highest BCUT2D eigenvalue weighted by Crippen LogP contribution is 2.29. The van der Waals surface area contributed by atoms with Gasteiger partial charge in [0.25, 0.3) is 0 Å². The highest BCUT2D eigenvalue weighted by molar-refractivity contribution is 5.82. The van der Waals surface area contributed by atoms with Gasteiger partial charge >= 0.3 is 5.63 Å². The third kappa shape index (κ3) is 3.34. The quantitative estimate of drug-likeness (QED) is 0.481. The molecule has 1 fully saturated rings. The summed E-state index contributed by atoms with van der Waals surface area (Å²) in [6.07, 6.45) is 2.97. The van der Waals surface area contributed by atoms with E-state index in [1.165, 1.54) is 11.6 Å². The fourth-order valence-electron chi connectivity index (χ4n) is 2.15. The molecule has 0 radical (unpaired) electrons. The lowest BCUT2D eigenvalue weighted by Crippen LogP contribution is -2.06. The molecular weight excluding hydrogens is 268 g/mol. The van der Waals surface area contributed by atoms with Gasteiger partial charge in [-0.2, -0.15) is 0 Å². The molecule has 1 aromatic heterocycles. The van der Waals surface area contributed by atoms with E-state index in [1.807, 2.05) is 26.0 Å². The second-order valence-electron chi connectivity index (χ2n) is 5.47. The summed E-state index contributed by atoms with van der Waals surface area (Å²) < 4.78 is 16.4. The molecular formula is C17H18O4. The molecule has 0 aliphatic carbocycles. The predicted molar refractivity (Wildman–Crippen MR) is 80.9 cm³/mol. The molecule has 0 N–H and O–H groups in total. The molecule has 21 heavy (non-hydrogen) atoms. The maximum atomic E-state index is 11.5. The first-order chi connectivity index (χ1) is 10.1. The third-order valence-electron chi connectivity index (χ3n) is 3.39. The summed E-state index contributed by atoms with van der Waals surface area (Å²) in [5.74, 6) is 0.754. The molecule has 1 saturated heterocycles. The molecule has 2 heterocycles. The average molecular weight is 286 g/mol. The lowest BCUT2D eigenvalue weighted by molar-refractivity contribution is 0.261. The van der Waals surface area contributed by atoms with Gasteiger partial charge in [0.15, 0.2) is 0 Å². The van der Waals surface area contributed by atoms with Crippen molar-refractivity contribution >= 4 is 11.0 Å². The Hall–Kier alpha value is -2.07. The number of rotatable bonds is 5. The summed E-state index contributed by atoms with van der Waals surface area (Å²) >= 11 is 0. The maximum Gasteiger partial charge on any atom is 0.336 e. The summed E-state index contributed by atoms with van der Waals surface area (Å²) in [6, 6.07) is 7.05. The fourth-order valence-corrected chi connectivity index (χ4v) is 2.15. The number of fused-ring (bicyclic) bond motifs is 1. The Morgan fingerprint density at radius 1 is 1.33 bits per heavy atom. The molecule has 0 spiro atoms. The minimum Gasteiger partial charge on any atom is -0.490 e. The Morgan fingerprint density at radius 3 is 2.81 bits per heavy atom. The molecule has 0 bridgehead atoms. The van der Waals surface area contributed by atoms with Gasteiger partial charge < -0.3 is 13.9 Å².